The van der Waals surface area contributed by atoms with Crippen LogP contribution in [0.2, 0.25) is 5.15 Å². The summed E-state index contributed by atoms with van der Waals surface area (Å²) in [5.41, 5.74) is 2.67. The van der Waals surface area contributed by atoms with Crippen molar-refractivity contribution in [2.24, 2.45) is 0 Å². The van der Waals surface area contributed by atoms with E-state index < -0.39 is 0 Å². The molecule has 0 radical (unpaired) electrons. The maximum atomic E-state index is 11.9. The molecule has 5 heteroatoms. The van der Waals surface area contributed by atoms with Crippen molar-refractivity contribution in [3.05, 3.63) is 58.9 Å². The number of nitrogens with zero attached hydrogens (tertiary/aromatic N) is 2. The third kappa shape index (κ3) is 3.71. The second-order valence-electron chi connectivity index (χ2n) is 4.61. The van der Waals surface area contributed by atoms with Gasteiger partial charge < -0.3 is 10.2 Å². The molecular formula is C15H16ClN3O. The van der Waals surface area contributed by atoms with Crippen molar-refractivity contribution < 1.29 is 4.79 Å². The fraction of sp³-hybridized carbons (Fsp3) is 0.200. The summed E-state index contributed by atoms with van der Waals surface area (Å²) in [5, 5.41) is 3.22. The molecular weight excluding hydrogens is 274 g/mol. The number of halogens is 1. The van der Waals surface area contributed by atoms with Crippen LogP contribution >= 0.6 is 11.6 Å². The van der Waals surface area contributed by atoms with Crippen LogP contribution in [0.3, 0.4) is 0 Å². The number of hydrogen-bond acceptors (Lipinski definition) is 3. The number of rotatable bonds is 4. The summed E-state index contributed by atoms with van der Waals surface area (Å²) in [6.07, 6.45) is 1.47. The van der Waals surface area contributed by atoms with Crippen molar-refractivity contribution in [3.63, 3.8) is 0 Å². The third-order valence-corrected chi connectivity index (χ3v) is 3.12. The van der Waals surface area contributed by atoms with Gasteiger partial charge in [0.05, 0.1) is 5.56 Å². The average molecular weight is 290 g/mol. The first-order valence-electron chi connectivity index (χ1n) is 6.22. The van der Waals surface area contributed by atoms with Gasteiger partial charge in [0.25, 0.3) is 5.91 Å². The van der Waals surface area contributed by atoms with Gasteiger partial charge in [0.1, 0.15) is 5.15 Å². The number of pyridine rings is 1. The van der Waals surface area contributed by atoms with Crippen LogP contribution < -0.4 is 10.2 Å². The van der Waals surface area contributed by atoms with E-state index in [4.69, 9.17) is 11.6 Å². The molecule has 0 aliphatic heterocycles. The van der Waals surface area contributed by atoms with Gasteiger partial charge >= 0.3 is 0 Å². The number of carbonyl (C=O) groups is 1. The Labute approximate surface area is 123 Å². The van der Waals surface area contributed by atoms with Gasteiger partial charge in [0.2, 0.25) is 0 Å². The average Bonchev–Trinajstić information content (AvgIpc) is 2.46. The number of carbonyl (C=O) groups excluding carboxylic acids is 1. The van der Waals surface area contributed by atoms with E-state index >= 15 is 0 Å². The summed E-state index contributed by atoms with van der Waals surface area (Å²) < 4.78 is 0. The Bertz CT molecular complexity index is 579. The van der Waals surface area contributed by atoms with E-state index in [-0.39, 0.29) is 5.91 Å². The van der Waals surface area contributed by atoms with Gasteiger partial charge in [-0.25, -0.2) is 4.98 Å². The van der Waals surface area contributed by atoms with E-state index in [1.807, 2.05) is 43.3 Å². The van der Waals surface area contributed by atoms with Crippen LogP contribution in [-0.4, -0.2) is 25.0 Å². The number of anilines is 1. The second-order valence-corrected chi connectivity index (χ2v) is 5.00. The monoisotopic (exact) mass is 289 g/mol. The predicted octanol–water partition coefficient (Wildman–Crippen LogP) is 2.73. The SMILES string of the molecule is CN(C)c1ccc(CNC(=O)c2ccc(Cl)nc2)cc1. The fourth-order valence-corrected chi connectivity index (χ4v) is 1.82. The zero-order chi connectivity index (χ0) is 14.5. The van der Waals surface area contributed by atoms with Gasteiger partial charge in [-0.2, -0.15) is 0 Å². The summed E-state index contributed by atoms with van der Waals surface area (Å²) in [7, 11) is 3.98. The molecule has 20 heavy (non-hydrogen) atoms. The van der Waals surface area contributed by atoms with Gasteiger partial charge in [-0.1, -0.05) is 23.7 Å². The highest BCUT2D eigenvalue weighted by atomic mass is 35.5. The molecule has 1 aromatic carbocycles. The molecule has 1 N–H and O–H groups in total. The Hall–Kier alpha value is -2.07. The van der Waals surface area contributed by atoms with Crippen molar-refractivity contribution in [1.29, 1.82) is 0 Å². The lowest BCUT2D eigenvalue weighted by molar-refractivity contribution is 0.0950. The standard InChI is InChI=1S/C15H16ClN3O/c1-19(2)13-6-3-11(4-7-13)9-18-15(20)12-5-8-14(16)17-10-12/h3-8,10H,9H2,1-2H3,(H,18,20). The molecule has 1 aromatic heterocycles. The minimum absolute atomic E-state index is 0.161. The van der Waals surface area contributed by atoms with Crippen LogP contribution in [0.4, 0.5) is 5.69 Å². The van der Waals surface area contributed by atoms with Crippen molar-refractivity contribution >= 4 is 23.2 Å². The molecule has 104 valence electrons. The molecule has 0 spiro atoms. The Balaban J connectivity index is 1.94. The molecule has 2 rings (SSSR count). The Morgan fingerprint density at radius 2 is 1.90 bits per heavy atom. The molecule has 0 atom stereocenters. The Morgan fingerprint density at radius 3 is 2.45 bits per heavy atom. The van der Waals surface area contributed by atoms with Crippen LogP contribution in [0.25, 0.3) is 0 Å². The van der Waals surface area contributed by atoms with Gasteiger partial charge in [0, 0.05) is 32.5 Å². The molecule has 0 saturated heterocycles. The molecule has 1 heterocycles. The number of aromatic nitrogens is 1. The summed E-state index contributed by atoms with van der Waals surface area (Å²) in [5.74, 6) is -0.161. The summed E-state index contributed by atoms with van der Waals surface area (Å²) >= 11 is 5.68. The van der Waals surface area contributed by atoms with Crippen LogP contribution in [0.1, 0.15) is 15.9 Å². The second kappa shape index (κ2) is 6.39. The molecule has 0 fully saturated rings. The third-order valence-electron chi connectivity index (χ3n) is 2.90. The molecule has 0 saturated carbocycles. The van der Waals surface area contributed by atoms with Gasteiger partial charge in [0.15, 0.2) is 0 Å². The minimum Gasteiger partial charge on any atom is -0.378 e. The van der Waals surface area contributed by atoms with Crippen molar-refractivity contribution in [2.75, 3.05) is 19.0 Å². The molecule has 2 aromatic rings. The van der Waals surface area contributed by atoms with Crippen molar-refractivity contribution in [1.82, 2.24) is 10.3 Å². The normalized spacial score (nSPS) is 10.2. The zero-order valence-corrected chi connectivity index (χ0v) is 12.2. The first-order valence-corrected chi connectivity index (χ1v) is 6.60. The van der Waals surface area contributed by atoms with Crippen LogP contribution in [0.15, 0.2) is 42.6 Å². The van der Waals surface area contributed by atoms with Crippen molar-refractivity contribution in [2.45, 2.75) is 6.54 Å². The van der Waals surface area contributed by atoms with Crippen LogP contribution in [0.5, 0.6) is 0 Å². The highest BCUT2D eigenvalue weighted by Crippen LogP contribution is 2.12. The van der Waals surface area contributed by atoms with E-state index in [2.05, 4.69) is 10.3 Å². The summed E-state index contributed by atoms with van der Waals surface area (Å²) in [6, 6.07) is 11.3. The Morgan fingerprint density at radius 1 is 1.20 bits per heavy atom. The van der Waals surface area contributed by atoms with Gasteiger partial charge in [-0.15, -0.1) is 0 Å². The van der Waals surface area contributed by atoms with Crippen LogP contribution in [-0.2, 0) is 6.54 Å². The number of nitrogens with one attached hydrogen (secondary N) is 1. The summed E-state index contributed by atoms with van der Waals surface area (Å²) in [6.45, 7) is 0.481. The molecule has 0 unspecified atom stereocenters. The number of hydrogen-bond donors (Lipinski definition) is 1. The zero-order valence-electron chi connectivity index (χ0n) is 11.4. The lowest BCUT2D eigenvalue weighted by Gasteiger charge is -2.12. The minimum atomic E-state index is -0.161. The maximum Gasteiger partial charge on any atom is 0.253 e. The van der Waals surface area contributed by atoms with Crippen LogP contribution in [0, 0.1) is 0 Å². The molecule has 0 aliphatic rings. The van der Waals surface area contributed by atoms with E-state index in [1.165, 1.54) is 6.20 Å². The highest BCUT2D eigenvalue weighted by Gasteiger charge is 2.05. The van der Waals surface area contributed by atoms with E-state index in [9.17, 15) is 4.79 Å². The lowest BCUT2D eigenvalue weighted by atomic mass is 10.2. The lowest BCUT2D eigenvalue weighted by Crippen LogP contribution is -2.22. The van der Waals surface area contributed by atoms with E-state index in [0.29, 0.717) is 17.3 Å². The van der Waals surface area contributed by atoms with Crippen molar-refractivity contribution in [3.8, 4) is 0 Å². The fourth-order valence-electron chi connectivity index (χ4n) is 1.71. The topological polar surface area (TPSA) is 45.2 Å². The largest absolute Gasteiger partial charge is 0.378 e. The molecule has 0 aliphatic carbocycles. The summed E-state index contributed by atoms with van der Waals surface area (Å²) in [4.78, 5) is 17.8. The predicted molar refractivity (Wildman–Crippen MR) is 81.2 cm³/mol. The van der Waals surface area contributed by atoms with E-state index in [1.54, 1.807) is 12.1 Å². The molecule has 4 nitrogen and oxygen atoms in total. The van der Waals surface area contributed by atoms with E-state index in [0.717, 1.165) is 11.3 Å². The highest BCUT2D eigenvalue weighted by molar-refractivity contribution is 6.29. The first kappa shape index (κ1) is 14.3. The van der Waals surface area contributed by atoms with Gasteiger partial charge in [-0.05, 0) is 29.8 Å². The smallest absolute Gasteiger partial charge is 0.253 e. The number of benzene rings is 1. The quantitative estimate of drug-likeness (QED) is 0.880. The maximum absolute atomic E-state index is 11.9. The first-order chi connectivity index (χ1) is 9.56. The number of amides is 1. The molecule has 1 amide bonds. The molecule has 0 bridgehead atoms. The Kier molecular flexibility index (Phi) is 4.58. The van der Waals surface area contributed by atoms with Gasteiger partial charge in [-0.3, -0.25) is 4.79 Å².